The van der Waals surface area contributed by atoms with E-state index in [1.165, 1.54) is 7.11 Å². The molecule has 1 N–H and O–H groups in total. The Kier molecular flexibility index (Phi) is 4.50. The van der Waals surface area contributed by atoms with E-state index >= 15 is 0 Å². The van der Waals surface area contributed by atoms with Crippen molar-refractivity contribution in [2.45, 2.75) is 19.0 Å². The number of methoxy groups -OCH3 is 1. The maximum atomic E-state index is 11.0. The number of aliphatic carboxylic acids is 1. The van der Waals surface area contributed by atoms with Gasteiger partial charge < -0.3 is 14.7 Å². The van der Waals surface area contributed by atoms with Crippen LogP contribution in [0.25, 0.3) is 0 Å². The zero-order valence-corrected chi connectivity index (χ0v) is 9.64. The van der Waals surface area contributed by atoms with Crippen molar-refractivity contribution in [1.82, 2.24) is 9.80 Å². The SMILES string of the molecule is COCC(C(=O)O)N1CCN(C)C(C)C1. The Balaban J connectivity index is 2.57. The number of hydrogen-bond donors (Lipinski definition) is 1. The second-order valence-electron chi connectivity index (χ2n) is 4.13. The van der Waals surface area contributed by atoms with Gasteiger partial charge in [0.05, 0.1) is 6.61 Å². The Labute approximate surface area is 90.6 Å². The van der Waals surface area contributed by atoms with Gasteiger partial charge in [-0.25, -0.2) is 0 Å². The molecule has 0 aromatic carbocycles. The van der Waals surface area contributed by atoms with E-state index in [0.29, 0.717) is 6.04 Å². The molecule has 0 aliphatic carbocycles. The lowest BCUT2D eigenvalue weighted by atomic mass is 10.1. The molecule has 1 heterocycles. The molecule has 1 saturated heterocycles. The van der Waals surface area contributed by atoms with Crippen LogP contribution in [0, 0.1) is 0 Å². The standard InChI is InChI=1S/C10H20N2O3/c1-8-6-12(5-4-11(8)2)9(7-15-3)10(13)14/h8-9H,4-7H2,1-3H3,(H,13,14). The maximum Gasteiger partial charge on any atom is 0.323 e. The fourth-order valence-corrected chi connectivity index (χ4v) is 1.85. The van der Waals surface area contributed by atoms with Gasteiger partial charge in [0, 0.05) is 32.8 Å². The second-order valence-corrected chi connectivity index (χ2v) is 4.13. The number of carbonyl (C=O) groups is 1. The largest absolute Gasteiger partial charge is 0.480 e. The summed E-state index contributed by atoms with van der Waals surface area (Å²) in [7, 11) is 3.60. The number of rotatable bonds is 4. The molecule has 1 aliphatic heterocycles. The number of likely N-dealkylation sites (N-methyl/N-ethyl adjacent to an activating group) is 1. The predicted molar refractivity (Wildman–Crippen MR) is 57.0 cm³/mol. The first-order valence-corrected chi connectivity index (χ1v) is 5.22. The van der Waals surface area contributed by atoms with Crippen LogP contribution in [-0.4, -0.2) is 73.4 Å². The van der Waals surface area contributed by atoms with E-state index in [1.54, 1.807) is 0 Å². The molecule has 0 aromatic heterocycles. The Morgan fingerprint density at radius 3 is 2.73 bits per heavy atom. The zero-order chi connectivity index (χ0) is 11.4. The van der Waals surface area contributed by atoms with Gasteiger partial charge in [0.15, 0.2) is 0 Å². The Bertz CT molecular complexity index is 223. The van der Waals surface area contributed by atoms with Crippen molar-refractivity contribution >= 4 is 5.97 Å². The second kappa shape index (κ2) is 5.44. The zero-order valence-electron chi connectivity index (χ0n) is 9.64. The Morgan fingerprint density at radius 2 is 2.27 bits per heavy atom. The molecule has 88 valence electrons. The van der Waals surface area contributed by atoms with E-state index in [-0.39, 0.29) is 6.61 Å². The topological polar surface area (TPSA) is 53.0 Å². The lowest BCUT2D eigenvalue weighted by molar-refractivity contribution is -0.146. The van der Waals surface area contributed by atoms with Gasteiger partial charge in [0.1, 0.15) is 6.04 Å². The van der Waals surface area contributed by atoms with Crippen LogP contribution in [0.5, 0.6) is 0 Å². The number of hydrogen-bond acceptors (Lipinski definition) is 4. The van der Waals surface area contributed by atoms with Crippen LogP contribution in [-0.2, 0) is 9.53 Å². The highest BCUT2D eigenvalue weighted by Crippen LogP contribution is 2.11. The van der Waals surface area contributed by atoms with Crippen molar-refractivity contribution in [3.8, 4) is 0 Å². The molecular weight excluding hydrogens is 196 g/mol. The predicted octanol–water partition coefficient (Wildman–Crippen LogP) is -0.278. The minimum Gasteiger partial charge on any atom is -0.480 e. The third kappa shape index (κ3) is 3.15. The molecule has 0 radical (unpaired) electrons. The molecule has 0 spiro atoms. The smallest absolute Gasteiger partial charge is 0.323 e. The molecule has 2 atom stereocenters. The molecule has 0 aromatic rings. The molecule has 2 unspecified atom stereocenters. The van der Waals surface area contributed by atoms with Crippen LogP contribution in [0.3, 0.4) is 0 Å². The highest BCUT2D eigenvalue weighted by atomic mass is 16.5. The number of piperazine rings is 1. The molecule has 1 fully saturated rings. The molecule has 5 nitrogen and oxygen atoms in total. The van der Waals surface area contributed by atoms with Crippen LogP contribution in [0.2, 0.25) is 0 Å². The van der Waals surface area contributed by atoms with Crippen LogP contribution in [0.15, 0.2) is 0 Å². The minimum atomic E-state index is -0.798. The number of ether oxygens (including phenoxy) is 1. The van der Waals surface area contributed by atoms with Crippen LogP contribution < -0.4 is 0 Å². The van der Waals surface area contributed by atoms with Crippen molar-refractivity contribution in [1.29, 1.82) is 0 Å². The normalized spacial score (nSPS) is 26.5. The first-order chi connectivity index (χ1) is 7.06. The lowest BCUT2D eigenvalue weighted by Gasteiger charge is -2.40. The van der Waals surface area contributed by atoms with Crippen molar-refractivity contribution in [2.75, 3.05) is 40.4 Å². The molecule has 1 aliphatic rings. The third-order valence-electron chi connectivity index (χ3n) is 3.04. The number of carboxylic acid groups (broad SMARTS) is 1. The quantitative estimate of drug-likeness (QED) is 0.700. The summed E-state index contributed by atoms with van der Waals surface area (Å²) >= 11 is 0. The first kappa shape index (κ1) is 12.4. The number of nitrogens with zero attached hydrogens (tertiary/aromatic N) is 2. The summed E-state index contributed by atoms with van der Waals surface area (Å²) in [6.45, 7) is 4.86. The molecule has 0 saturated carbocycles. The summed E-state index contributed by atoms with van der Waals surface area (Å²) in [5.74, 6) is -0.798. The van der Waals surface area contributed by atoms with Gasteiger partial charge in [-0.3, -0.25) is 9.69 Å². The van der Waals surface area contributed by atoms with Gasteiger partial charge in [-0.05, 0) is 14.0 Å². The van der Waals surface area contributed by atoms with Crippen molar-refractivity contribution in [2.24, 2.45) is 0 Å². The third-order valence-corrected chi connectivity index (χ3v) is 3.04. The van der Waals surface area contributed by atoms with Crippen molar-refractivity contribution < 1.29 is 14.6 Å². The Morgan fingerprint density at radius 1 is 1.60 bits per heavy atom. The molecule has 0 bridgehead atoms. The maximum absolute atomic E-state index is 11.0. The fourth-order valence-electron chi connectivity index (χ4n) is 1.85. The van der Waals surface area contributed by atoms with E-state index < -0.39 is 12.0 Å². The van der Waals surface area contributed by atoms with Crippen LogP contribution in [0.1, 0.15) is 6.92 Å². The summed E-state index contributed by atoms with van der Waals surface area (Å²) in [6.07, 6.45) is 0. The van der Waals surface area contributed by atoms with E-state index in [9.17, 15) is 4.79 Å². The first-order valence-electron chi connectivity index (χ1n) is 5.22. The van der Waals surface area contributed by atoms with Gasteiger partial charge in [-0.15, -0.1) is 0 Å². The summed E-state index contributed by atoms with van der Waals surface area (Å²) in [5.41, 5.74) is 0. The van der Waals surface area contributed by atoms with Gasteiger partial charge in [-0.1, -0.05) is 0 Å². The average molecular weight is 216 g/mol. The lowest BCUT2D eigenvalue weighted by Crippen LogP contribution is -2.56. The Hall–Kier alpha value is -0.650. The van der Waals surface area contributed by atoms with Gasteiger partial charge in [-0.2, -0.15) is 0 Å². The van der Waals surface area contributed by atoms with Crippen molar-refractivity contribution in [3.05, 3.63) is 0 Å². The van der Waals surface area contributed by atoms with Gasteiger partial charge >= 0.3 is 5.97 Å². The fraction of sp³-hybridized carbons (Fsp3) is 0.900. The summed E-state index contributed by atoms with van der Waals surface area (Å²) in [6, 6.07) is -0.108. The summed E-state index contributed by atoms with van der Waals surface area (Å²) < 4.78 is 4.94. The van der Waals surface area contributed by atoms with E-state index in [2.05, 4.69) is 18.9 Å². The van der Waals surface area contributed by atoms with E-state index in [1.807, 2.05) is 4.90 Å². The van der Waals surface area contributed by atoms with Gasteiger partial charge in [0.25, 0.3) is 0 Å². The average Bonchev–Trinajstić information content (AvgIpc) is 2.18. The summed E-state index contributed by atoms with van der Waals surface area (Å²) in [4.78, 5) is 15.3. The van der Waals surface area contributed by atoms with E-state index in [4.69, 9.17) is 9.84 Å². The molecular formula is C10H20N2O3. The summed E-state index contributed by atoms with van der Waals surface area (Å²) in [5, 5.41) is 9.07. The molecule has 15 heavy (non-hydrogen) atoms. The number of carboxylic acids is 1. The highest BCUT2D eigenvalue weighted by Gasteiger charge is 2.30. The van der Waals surface area contributed by atoms with Crippen LogP contribution in [0.4, 0.5) is 0 Å². The van der Waals surface area contributed by atoms with Crippen molar-refractivity contribution in [3.63, 3.8) is 0 Å². The van der Waals surface area contributed by atoms with E-state index in [0.717, 1.165) is 19.6 Å². The molecule has 5 heteroatoms. The molecule has 0 amide bonds. The molecule has 1 rings (SSSR count). The monoisotopic (exact) mass is 216 g/mol. The van der Waals surface area contributed by atoms with Crippen LogP contribution >= 0.6 is 0 Å². The highest BCUT2D eigenvalue weighted by molar-refractivity contribution is 5.73. The minimum absolute atomic E-state index is 0.256. The van der Waals surface area contributed by atoms with Gasteiger partial charge in [0.2, 0.25) is 0 Å².